The number of nitrogens with one attached hydrogen (secondary N) is 1. The Morgan fingerprint density at radius 2 is 2.05 bits per heavy atom. The Labute approximate surface area is 119 Å². The van der Waals surface area contributed by atoms with E-state index in [4.69, 9.17) is 17.3 Å². The van der Waals surface area contributed by atoms with Crippen LogP contribution in [0.1, 0.15) is 38.7 Å². The van der Waals surface area contributed by atoms with Gasteiger partial charge in [0.15, 0.2) is 0 Å². The third kappa shape index (κ3) is 3.68. The van der Waals surface area contributed by atoms with Crippen molar-refractivity contribution in [3.8, 4) is 0 Å². The smallest absolute Gasteiger partial charge is 0.124 e. The first-order valence-corrected chi connectivity index (χ1v) is 7.09. The standard InChI is InChI=1S/C15H22ClFN2/c1-15(2,3)7-13-14(18)12(8-19-13)9-4-10(16)6-11(17)5-9/h4-6,12-14,19H,7-8,18H2,1-3H3. The highest BCUT2D eigenvalue weighted by molar-refractivity contribution is 6.30. The molecule has 1 aliphatic heterocycles. The van der Waals surface area contributed by atoms with Crippen LogP contribution in [0.5, 0.6) is 0 Å². The summed E-state index contributed by atoms with van der Waals surface area (Å²) in [6.07, 6.45) is 1.01. The van der Waals surface area contributed by atoms with Gasteiger partial charge in [-0.05, 0) is 35.6 Å². The van der Waals surface area contributed by atoms with Gasteiger partial charge >= 0.3 is 0 Å². The number of hydrogen-bond donors (Lipinski definition) is 2. The van der Waals surface area contributed by atoms with Crippen LogP contribution in [0, 0.1) is 11.2 Å². The molecule has 1 saturated heterocycles. The molecule has 0 bridgehead atoms. The summed E-state index contributed by atoms with van der Waals surface area (Å²) in [4.78, 5) is 0. The van der Waals surface area contributed by atoms with Crippen molar-refractivity contribution in [1.82, 2.24) is 5.32 Å². The molecule has 1 aromatic carbocycles. The summed E-state index contributed by atoms with van der Waals surface area (Å²) < 4.78 is 13.4. The number of benzene rings is 1. The predicted octanol–water partition coefficient (Wildman–Crippen LogP) is 3.30. The molecule has 2 rings (SSSR count). The Morgan fingerprint density at radius 3 is 2.63 bits per heavy atom. The van der Waals surface area contributed by atoms with E-state index >= 15 is 0 Å². The van der Waals surface area contributed by atoms with Crippen molar-refractivity contribution in [3.05, 3.63) is 34.6 Å². The largest absolute Gasteiger partial charge is 0.326 e. The van der Waals surface area contributed by atoms with Crippen LogP contribution in [-0.4, -0.2) is 18.6 Å². The summed E-state index contributed by atoms with van der Waals surface area (Å²) in [5, 5.41) is 3.89. The van der Waals surface area contributed by atoms with Gasteiger partial charge in [-0.25, -0.2) is 4.39 Å². The van der Waals surface area contributed by atoms with Crippen LogP contribution in [0.4, 0.5) is 4.39 Å². The van der Waals surface area contributed by atoms with E-state index in [0.29, 0.717) is 5.02 Å². The van der Waals surface area contributed by atoms with Gasteiger partial charge in [-0.2, -0.15) is 0 Å². The van der Waals surface area contributed by atoms with E-state index < -0.39 is 0 Å². The monoisotopic (exact) mass is 284 g/mol. The van der Waals surface area contributed by atoms with Gasteiger partial charge in [-0.3, -0.25) is 0 Å². The number of rotatable bonds is 2. The van der Waals surface area contributed by atoms with Crippen molar-refractivity contribution >= 4 is 11.6 Å². The summed E-state index contributed by atoms with van der Waals surface area (Å²) in [5.74, 6) is -0.172. The molecule has 0 aromatic heterocycles. The van der Waals surface area contributed by atoms with Gasteiger partial charge in [0.2, 0.25) is 0 Å². The van der Waals surface area contributed by atoms with Gasteiger partial charge in [0.1, 0.15) is 5.82 Å². The van der Waals surface area contributed by atoms with Crippen LogP contribution < -0.4 is 11.1 Å². The van der Waals surface area contributed by atoms with E-state index in [0.717, 1.165) is 18.5 Å². The van der Waals surface area contributed by atoms with Gasteiger partial charge in [-0.1, -0.05) is 32.4 Å². The molecule has 4 heteroatoms. The lowest BCUT2D eigenvalue weighted by Gasteiger charge is -2.27. The van der Waals surface area contributed by atoms with Crippen LogP contribution in [0.25, 0.3) is 0 Å². The number of nitrogens with two attached hydrogens (primary N) is 1. The molecule has 0 amide bonds. The predicted molar refractivity (Wildman–Crippen MR) is 78.0 cm³/mol. The summed E-state index contributed by atoms with van der Waals surface area (Å²) in [6.45, 7) is 7.39. The Balaban J connectivity index is 2.15. The molecule has 0 radical (unpaired) electrons. The summed E-state index contributed by atoms with van der Waals surface area (Å²) in [5.41, 5.74) is 7.45. The Hall–Kier alpha value is -0.640. The van der Waals surface area contributed by atoms with Gasteiger partial charge in [0, 0.05) is 29.6 Å². The summed E-state index contributed by atoms with van der Waals surface area (Å²) in [6, 6.07) is 4.95. The van der Waals surface area contributed by atoms with Crippen LogP contribution in [0.2, 0.25) is 5.02 Å². The van der Waals surface area contributed by atoms with Crippen molar-refractivity contribution in [2.24, 2.45) is 11.1 Å². The second-order valence-electron chi connectivity index (χ2n) is 6.67. The molecule has 1 heterocycles. The first-order valence-electron chi connectivity index (χ1n) is 6.71. The zero-order chi connectivity index (χ0) is 14.2. The van der Waals surface area contributed by atoms with Crippen molar-refractivity contribution < 1.29 is 4.39 Å². The quantitative estimate of drug-likeness (QED) is 0.874. The fraction of sp³-hybridized carbons (Fsp3) is 0.600. The average Bonchev–Trinajstić information content (AvgIpc) is 2.56. The topological polar surface area (TPSA) is 38.0 Å². The molecule has 3 unspecified atom stereocenters. The molecule has 1 aromatic rings. The highest BCUT2D eigenvalue weighted by Crippen LogP contribution is 2.32. The highest BCUT2D eigenvalue weighted by Gasteiger charge is 2.36. The second-order valence-corrected chi connectivity index (χ2v) is 7.10. The van der Waals surface area contributed by atoms with E-state index in [1.54, 1.807) is 0 Å². The molecule has 106 valence electrons. The lowest BCUT2D eigenvalue weighted by molar-refractivity contribution is 0.310. The van der Waals surface area contributed by atoms with Gasteiger partial charge < -0.3 is 11.1 Å². The Bertz CT molecular complexity index is 436. The summed E-state index contributed by atoms with van der Waals surface area (Å²) in [7, 11) is 0. The fourth-order valence-corrected chi connectivity index (χ4v) is 3.06. The lowest BCUT2D eigenvalue weighted by Crippen LogP contribution is -2.40. The molecule has 3 atom stereocenters. The minimum atomic E-state index is -0.297. The van der Waals surface area contributed by atoms with E-state index in [2.05, 4.69) is 26.1 Å². The van der Waals surface area contributed by atoms with Crippen molar-refractivity contribution in [2.45, 2.75) is 45.2 Å². The molecule has 0 saturated carbocycles. The van der Waals surface area contributed by atoms with Crippen molar-refractivity contribution in [1.29, 1.82) is 0 Å². The van der Waals surface area contributed by atoms with Crippen LogP contribution in [-0.2, 0) is 0 Å². The lowest BCUT2D eigenvalue weighted by atomic mass is 9.83. The van der Waals surface area contributed by atoms with E-state index in [1.165, 1.54) is 12.1 Å². The maximum atomic E-state index is 13.4. The molecular formula is C15H22ClFN2. The van der Waals surface area contributed by atoms with Crippen LogP contribution in [0.3, 0.4) is 0 Å². The van der Waals surface area contributed by atoms with Crippen molar-refractivity contribution in [2.75, 3.05) is 6.54 Å². The Kier molecular flexibility index (Phi) is 4.19. The molecule has 1 aliphatic rings. The number of hydrogen-bond acceptors (Lipinski definition) is 2. The van der Waals surface area contributed by atoms with Crippen LogP contribution >= 0.6 is 11.6 Å². The fourth-order valence-electron chi connectivity index (χ4n) is 2.83. The molecule has 1 fully saturated rings. The summed E-state index contributed by atoms with van der Waals surface area (Å²) >= 11 is 5.92. The SMILES string of the molecule is CC(C)(C)CC1NCC(c2cc(F)cc(Cl)c2)C1N. The normalized spacial score (nSPS) is 27.8. The van der Waals surface area contributed by atoms with Crippen LogP contribution in [0.15, 0.2) is 18.2 Å². The third-order valence-corrected chi connectivity index (χ3v) is 3.89. The molecule has 2 nitrogen and oxygen atoms in total. The average molecular weight is 285 g/mol. The Morgan fingerprint density at radius 1 is 1.37 bits per heavy atom. The zero-order valence-corrected chi connectivity index (χ0v) is 12.5. The molecule has 0 spiro atoms. The van der Waals surface area contributed by atoms with E-state index in [9.17, 15) is 4.39 Å². The molecule has 3 N–H and O–H groups in total. The van der Waals surface area contributed by atoms with Gasteiger partial charge in [-0.15, -0.1) is 0 Å². The first kappa shape index (κ1) is 14.8. The maximum Gasteiger partial charge on any atom is 0.124 e. The minimum Gasteiger partial charge on any atom is -0.326 e. The van der Waals surface area contributed by atoms with E-state index in [1.807, 2.05) is 6.07 Å². The minimum absolute atomic E-state index is 0.00269. The molecule has 19 heavy (non-hydrogen) atoms. The van der Waals surface area contributed by atoms with Gasteiger partial charge in [0.05, 0.1) is 0 Å². The molecule has 0 aliphatic carbocycles. The second kappa shape index (κ2) is 5.39. The van der Waals surface area contributed by atoms with E-state index in [-0.39, 0.29) is 29.2 Å². The third-order valence-electron chi connectivity index (χ3n) is 3.67. The maximum absolute atomic E-state index is 13.4. The van der Waals surface area contributed by atoms with Gasteiger partial charge in [0.25, 0.3) is 0 Å². The molecular weight excluding hydrogens is 263 g/mol. The zero-order valence-electron chi connectivity index (χ0n) is 11.7. The first-order chi connectivity index (χ1) is 8.76. The van der Waals surface area contributed by atoms with Crippen molar-refractivity contribution in [3.63, 3.8) is 0 Å². The highest BCUT2D eigenvalue weighted by atomic mass is 35.5. The number of halogens is 2.